The molecule has 0 aliphatic carbocycles. The number of hydrogen-bond donors (Lipinski definition) is 2. The smallest absolute Gasteiger partial charge is 0.459 e. The second-order valence-electron chi connectivity index (χ2n) is 11.2. The molecule has 0 spiro atoms. The number of aryl methyl sites for hydroxylation is 1. The molecule has 1 amide bonds. The van der Waals surface area contributed by atoms with Gasteiger partial charge in [-0.05, 0) is 69.9 Å². The lowest BCUT2D eigenvalue weighted by molar-refractivity contribution is -0.163. The molecule has 4 atom stereocenters. The van der Waals surface area contributed by atoms with Crippen molar-refractivity contribution in [2.75, 3.05) is 27.4 Å². The third-order valence-corrected chi connectivity index (χ3v) is 8.54. The van der Waals surface area contributed by atoms with Crippen LogP contribution < -0.4 is 24.6 Å². The molecule has 0 bridgehead atoms. The van der Waals surface area contributed by atoms with Gasteiger partial charge in [-0.15, -0.1) is 0 Å². The lowest BCUT2D eigenvalue weighted by atomic mass is 10.1. The number of ether oxygens (including phenoxy) is 5. The Morgan fingerprint density at radius 1 is 1.04 bits per heavy atom. The molecule has 1 fully saturated rings. The Kier molecular flexibility index (Phi) is 12.8. The summed E-state index contributed by atoms with van der Waals surface area (Å²) in [6, 6.07) is 9.47. The van der Waals surface area contributed by atoms with Gasteiger partial charge in [-0.25, -0.2) is 10.0 Å². The summed E-state index contributed by atoms with van der Waals surface area (Å²) in [6.07, 6.45) is -2.21. The number of carbonyl (C=O) groups excluding carboxylic acids is 2. The van der Waals surface area contributed by atoms with Crippen LogP contribution in [0.1, 0.15) is 51.3 Å². The lowest BCUT2D eigenvalue weighted by Gasteiger charge is -2.28. The first-order valence-electron chi connectivity index (χ1n) is 14.7. The summed E-state index contributed by atoms with van der Waals surface area (Å²) in [5, 5.41) is 2.76. The zero-order valence-corrected chi connectivity index (χ0v) is 28.2. The number of hydroxylamine groups is 1. The number of carbonyl (C=O) groups is 2. The van der Waals surface area contributed by atoms with Crippen LogP contribution in [0.25, 0.3) is 0 Å². The van der Waals surface area contributed by atoms with E-state index < -0.39 is 50.3 Å². The molecule has 2 aromatic rings. The van der Waals surface area contributed by atoms with Crippen LogP contribution in [0.15, 0.2) is 36.4 Å². The minimum atomic E-state index is -4.28. The van der Waals surface area contributed by atoms with Crippen molar-refractivity contribution in [1.29, 1.82) is 0 Å². The van der Waals surface area contributed by atoms with E-state index in [1.165, 1.54) is 7.11 Å². The average Bonchev–Trinajstić information content (AvgIpc) is 3.31. The van der Waals surface area contributed by atoms with Crippen molar-refractivity contribution < 1.29 is 51.7 Å². The van der Waals surface area contributed by atoms with E-state index in [0.29, 0.717) is 22.8 Å². The summed E-state index contributed by atoms with van der Waals surface area (Å²) in [7, 11) is -1.22. The van der Waals surface area contributed by atoms with Crippen molar-refractivity contribution >= 4 is 19.6 Å². The first-order chi connectivity index (χ1) is 21.2. The molecular formula is C31H45N2O11P. The number of hydrogen-bond acceptors (Lipinski definition) is 11. The third kappa shape index (κ3) is 9.90. The van der Waals surface area contributed by atoms with Gasteiger partial charge in [0.2, 0.25) is 0 Å². The van der Waals surface area contributed by atoms with Gasteiger partial charge < -0.3 is 28.2 Å². The molecule has 1 aliphatic heterocycles. The Balaban J connectivity index is 1.77. The van der Waals surface area contributed by atoms with Gasteiger partial charge in [0.15, 0.2) is 11.9 Å². The molecular weight excluding hydrogens is 607 g/mol. The van der Waals surface area contributed by atoms with E-state index in [9.17, 15) is 14.2 Å². The quantitative estimate of drug-likeness (QED) is 0.146. The van der Waals surface area contributed by atoms with Gasteiger partial charge in [-0.2, -0.15) is 5.09 Å². The normalized spacial score (nSPS) is 19.4. The van der Waals surface area contributed by atoms with E-state index in [1.54, 1.807) is 72.1 Å². The highest BCUT2D eigenvalue weighted by Crippen LogP contribution is 2.47. The van der Waals surface area contributed by atoms with Crippen LogP contribution in [0.3, 0.4) is 0 Å². The van der Waals surface area contributed by atoms with Gasteiger partial charge in [-0.1, -0.05) is 26.0 Å². The summed E-state index contributed by atoms with van der Waals surface area (Å²) >= 11 is 0. The fraction of sp³-hybridized carbons (Fsp3) is 0.548. The molecule has 1 unspecified atom stereocenters. The number of amides is 1. The maximum Gasteiger partial charge on any atom is 0.459 e. The predicted molar refractivity (Wildman–Crippen MR) is 165 cm³/mol. The van der Waals surface area contributed by atoms with E-state index >= 15 is 0 Å². The van der Waals surface area contributed by atoms with Gasteiger partial charge in [-0.3, -0.25) is 19.0 Å². The predicted octanol–water partition coefficient (Wildman–Crippen LogP) is 4.77. The van der Waals surface area contributed by atoms with Crippen molar-refractivity contribution in [3.05, 3.63) is 53.1 Å². The first-order valence-corrected chi connectivity index (χ1v) is 16.2. The highest BCUT2D eigenvalue weighted by molar-refractivity contribution is 7.52. The molecule has 0 aromatic heterocycles. The maximum absolute atomic E-state index is 14.3. The number of methoxy groups -OCH3 is 2. The fourth-order valence-electron chi connectivity index (χ4n) is 4.48. The number of nitrogens with one attached hydrogen (secondary N) is 2. The largest absolute Gasteiger partial charge is 0.497 e. The zero-order valence-electron chi connectivity index (χ0n) is 27.3. The third-order valence-electron chi connectivity index (χ3n) is 7.02. The minimum absolute atomic E-state index is 0.00962. The fourth-order valence-corrected chi connectivity index (χ4v) is 6.21. The molecule has 0 saturated carbocycles. The monoisotopic (exact) mass is 652 g/mol. The van der Waals surface area contributed by atoms with E-state index in [0.717, 1.165) is 11.1 Å². The summed E-state index contributed by atoms with van der Waals surface area (Å²) in [4.78, 5) is 31.4. The van der Waals surface area contributed by atoms with Gasteiger partial charge in [0.1, 0.15) is 36.0 Å². The highest BCUT2D eigenvalue weighted by atomic mass is 31.2. The highest BCUT2D eigenvalue weighted by Gasteiger charge is 2.47. The van der Waals surface area contributed by atoms with Crippen LogP contribution in [0, 0.1) is 19.8 Å². The second-order valence-corrected chi connectivity index (χ2v) is 12.9. The number of esters is 1. The van der Waals surface area contributed by atoms with Gasteiger partial charge in [0, 0.05) is 11.6 Å². The molecule has 3 rings (SSSR count). The Morgan fingerprint density at radius 3 is 2.42 bits per heavy atom. The Morgan fingerprint density at radius 2 is 1.78 bits per heavy atom. The van der Waals surface area contributed by atoms with Crippen LogP contribution in [0.2, 0.25) is 0 Å². The van der Waals surface area contributed by atoms with Crippen LogP contribution in [0.4, 0.5) is 0 Å². The first kappa shape index (κ1) is 36.3. The zero-order chi connectivity index (χ0) is 33.4. The van der Waals surface area contributed by atoms with Crippen molar-refractivity contribution in [2.24, 2.45) is 5.92 Å². The van der Waals surface area contributed by atoms with Crippen LogP contribution in [-0.4, -0.2) is 63.3 Å². The molecule has 13 nitrogen and oxygen atoms in total. The molecule has 2 N–H and O–H groups in total. The molecule has 0 radical (unpaired) electrons. The number of rotatable bonds is 16. The van der Waals surface area contributed by atoms with Crippen molar-refractivity contribution in [3.8, 4) is 17.2 Å². The average molecular weight is 653 g/mol. The van der Waals surface area contributed by atoms with Crippen LogP contribution in [0.5, 0.6) is 17.2 Å². The van der Waals surface area contributed by atoms with Crippen molar-refractivity contribution in [1.82, 2.24) is 10.6 Å². The summed E-state index contributed by atoms with van der Waals surface area (Å²) in [5.41, 5.74) is 4.70. The Hall–Kier alpha value is -3.19. The van der Waals surface area contributed by atoms with Crippen molar-refractivity contribution in [3.63, 3.8) is 0 Å². The summed E-state index contributed by atoms with van der Waals surface area (Å²) in [6.45, 7) is 11.9. The van der Waals surface area contributed by atoms with Gasteiger partial charge in [0.05, 0.1) is 27.4 Å². The minimum Gasteiger partial charge on any atom is -0.497 e. The molecule has 2 aromatic carbocycles. The standard InChI is InChI=1S/C31H45N2O11P/c1-10-39-30(35)27(19(2)3)33-45(36,44-24-13-11-12-20(4)21(24)5)41-18-26-28(43-31(6,7)42-26)29(34)32-40-17-22-14-15-23(37-8)16-25(22)38-9/h11-16,19,26-28H,10,17-18H2,1-9H3,(H,32,34)(H,33,36)/t26-,27+,28-,45?/m1/s1. The van der Waals surface area contributed by atoms with Crippen LogP contribution >= 0.6 is 7.75 Å². The lowest BCUT2D eigenvalue weighted by Crippen LogP contribution is -2.44. The Bertz CT molecular complexity index is 1370. The van der Waals surface area contributed by atoms with Crippen molar-refractivity contribution in [2.45, 2.75) is 79.1 Å². The molecule has 1 heterocycles. The van der Waals surface area contributed by atoms with E-state index in [-0.39, 0.29) is 19.1 Å². The summed E-state index contributed by atoms with van der Waals surface area (Å²) < 4.78 is 53.7. The topological polar surface area (TPSA) is 149 Å². The van der Waals surface area contributed by atoms with Gasteiger partial charge in [0.25, 0.3) is 5.91 Å². The molecule has 45 heavy (non-hydrogen) atoms. The van der Waals surface area contributed by atoms with E-state index in [1.807, 2.05) is 19.9 Å². The molecule has 1 saturated heterocycles. The SMILES string of the molecule is CCOC(=O)[C@@H](NP(=O)(OC[C@H]1OC(C)(C)O[C@H]1C(=O)NOCc1ccc(OC)cc1OC)Oc1cccc(C)c1C)C(C)C. The number of benzene rings is 2. The molecule has 14 heteroatoms. The van der Waals surface area contributed by atoms with E-state index in [4.69, 9.17) is 37.6 Å². The Labute approximate surface area is 264 Å². The second kappa shape index (κ2) is 15.9. The van der Waals surface area contributed by atoms with E-state index in [2.05, 4.69) is 10.6 Å². The maximum atomic E-state index is 14.3. The summed E-state index contributed by atoms with van der Waals surface area (Å²) in [5.74, 6) is -1.32. The molecule has 250 valence electrons. The van der Waals surface area contributed by atoms with Crippen LogP contribution in [-0.2, 0) is 44.3 Å². The van der Waals surface area contributed by atoms with Gasteiger partial charge >= 0.3 is 13.7 Å². The molecule has 1 aliphatic rings.